The molecule has 6 heteroatoms. The molecule has 3 rings (SSSR count). The predicted octanol–water partition coefficient (Wildman–Crippen LogP) is 4.08. The van der Waals surface area contributed by atoms with Gasteiger partial charge in [-0.3, -0.25) is 14.8 Å². The number of nitrogens with one attached hydrogen (secondary N) is 2. The molecule has 23 heavy (non-hydrogen) atoms. The van der Waals surface area contributed by atoms with Crippen LogP contribution in [0.2, 0.25) is 0 Å². The molecule has 0 bridgehead atoms. The van der Waals surface area contributed by atoms with Crippen LogP contribution in [-0.4, -0.2) is 21.4 Å². The molecule has 0 spiro atoms. The van der Waals surface area contributed by atoms with Crippen LogP contribution in [0.25, 0.3) is 0 Å². The van der Waals surface area contributed by atoms with E-state index in [1.165, 1.54) is 24.6 Å². The van der Waals surface area contributed by atoms with Gasteiger partial charge in [0.25, 0.3) is 5.56 Å². The molecule has 0 radical (unpaired) electrons. The fraction of sp³-hybridized carbons (Fsp3) is 0.588. The highest BCUT2D eigenvalue weighted by Crippen LogP contribution is 2.44. The maximum atomic E-state index is 11.5. The molecule has 2 aliphatic heterocycles. The smallest absolute Gasteiger partial charge is 0.308 e. The molecule has 130 valence electrons. The van der Waals surface area contributed by atoms with E-state index in [0.717, 1.165) is 0 Å². The van der Waals surface area contributed by atoms with Crippen molar-refractivity contribution in [3.8, 4) is 0 Å². The Morgan fingerprint density at radius 1 is 1.09 bits per heavy atom. The highest BCUT2D eigenvalue weighted by Gasteiger charge is 2.35. The molecule has 0 aromatic carbocycles. The van der Waals surface area contributed by atoms with Crippen molar-refractivity contribution in [2.45, 2.75) is 70.6 Å². The average molecular weight is 340 g/mol. The van der Waals surface area contributed by atoms with Gasteiger partial charge in [-0.05, 0) is 6.08 Å². The fourth-order valence-corrected chi connectivity index (χ4v) is 3.02. The number of allylic oxidation sites excluding steroid dienone is 1. The molecule has 2 N–H and O–H groups in total. The number of unbranched alkanes of at least 4 members (excludes halogenated alkanes) is 1. The normalized spacial score (nSPS) is 19.0. The van der Waals surface area contributed by atoms with Gasteiger partial charge in [-0.1, -0.05) is 60.5 Å². The lowest BCUT2D eigenvalue weighted by atomic mass is 10.1. The van der Waals surface area contributed by atoms with Crippen molar-refractivity contribution in [3.05, 3.63) is 38.7 Å². The van der Waals surface area contributed by atoms with Gasteiger partial charge in [-0.15, -0.1) is 11.8 Å². The van der Waals surface area contributed by atoms with Crippen LogP contribution in [0, 0.1) is 0 Å². The molecule has 0 aliphatic carbocycles. The highest BCUT2D eigenvalue weighted by molar-refractivity contribution is 8.00. The van der Waals surface area contributed by atoms with Crippen molar-refractivity contribution >= 4 is 18.0 Å². The summed E-state index contributed by atoms with van der Waals surface area (Å²) in [4.78, 5) is 32.3. The van der Waals surface area contributed by atoms with Crippen LogP contribution in [0.5, 0.6) is 0 Å². The summed E-state index contributed by atoms with van der Waals surface area (Å²) in [6, 6.07) is -0.120. The van der Waals surface area contributed by atoms with Gasteiger partial charge in [-0.2, -0.15) is 0 Å². The van der Waals surface area contributed by atoms with E-state index in [2.05, 4.69) is 28.8 Å². The molecule has 1 aromatic heterocycles. The molecular weight excluding hydrogens is 310 g/mol. The maximum Gasteiger partial charge on any atom is 0.326 e. The number of rotatable bonds is 1. The van der Waals surface area contributed by atoms with Crippen LogP contribution < -0.4 is 11.2 Å². The molecule has 1 aromatic rings. The minimum Gasteiger partial charge on any atom is -0.308 e. The van der Waals surface area contributed by atoms with Gasteiger partial charge in [-0.25, -0.2) is 4.79 Å². The van der Waals surface area contributed by atoms with E-state index in [0.29, 0.717) is 10.6 Å². The Kier molecular flexibility index (Phi) is 11.1. The molecule has 2 atom stereocenters. The Morgan fingerprint density at radius 2 is 1.70 bits per heavy atom. The maximum absolute atomic E-state index is 11.5. The molecule has 5 nitrogen and oxygen atoms in total. The predicted molar refractivity (Wildman–Crippen MR) is 101 cm³/mol. The Bertz CT molecular complexity index is 615. The number of fused-ring (bicyclic) bond motifs is 3. The minimum atomic E-state index is -0.468. The number of hydrogen-bond donors (Lipinski definition) is 2. The van der Waals surface area contributed by atoms with Gasteiger partial charge in [0.05, 0.1) is 15.8 Å². The lowest BCUT2D eigenvalue weighted by Gasteiger charge is -2.12. The largest absolute Gasteiger partial charge is 0.326 e. The van der Waals surface area contributed by atoms with Crippen molar-refractivity contribution < 1.29 is 0 Å². The highest BCUT2D eigenvalue weighted by atomic mass is 32.2. The zero-order valence-corrected chi connectivity index (χ0v) is 15.8. The van der Waals surface area contributed by atoms with Gasteiger partial charge in [0.2, 0.25) is 0 Å². The Morgan fingerprint density at radius 3 is 2.26 bits per heavy atom. The van der Waals surface area contributed by atoms with Crippen LogP contribution in [0.1, 0.15) is 66.1 Å². The molecule has 2 aliphatic rings. The third-order valence-electron chi connectivity index (χ3n) is 2.92. The summed E-state index contributed by atoms with van der Waals surface area (Å²) < 4.78 is 0. The van der Waals surface area contributed by atoms with E-state index in [1.807, 2.05) is 39.8 Å². The first-order chi connectivity index (χ1) is 11.2. The summed E-state index contributed by atoms with van der Waals surface area (Å²) in [7, 11) is 0. The third-order valence-corrected chi connectivity index (χ3v) is 4.25. The third kappa shape index (κ3) is 5.86. The summed E-state index contributed by atoms with van der Waals surface area (Å²) in [6.45, 7) is 12.4. The second kappa shape index (κ2) is 11.9. The van der Waals surface area contributed by atoms with Crippen LogP contribution in [0.15, 0.2) is 31.6 Å². The van der Waals surface area contributed by atoms with Crippen LogP contribution in [-0.2, 0) is 0 Å². The second-order valence-corrected chi connectivity index (χ2v) is 5.55. The van der Waals surface area contributed by atoms with E-state index in [9.17, 15) is 9.59 Å². The SMILES string of the molecule is CC.CC.CCCC.O=c1[nH]c2c(c(=O)[nH]1)SC1C=CC=NC21. The number of thioether (sulfide) groups is 1. The Balaban J connectivity index is 0.000000523. The number of dihydropyridines is 1. The number of hydrogen-bond acceptors (Lipinski definition) is 4. The van der Waals surface area contributed by atoms with E-state index in [1.54, 1.807) is 6.21 Å². The van der Waals surface area contributed by atoms with E-state index in [4.69, 9.17) is 0 Å². The number of aliphatic imine (C=N–C) groups is 1. The standard InChI is InChI=1S/C9H7N3O2S.C4H10.2C2H6/c13-8-7-6(11-9(14)12-8)5-4(15-7)2-1-3-10-5;1-3-4-2;2*1-2/h1-5H,(H2,11,12,13,14);3-4H2,1-2H3;2*1-2H3. The molecule has 0 saturated heterocycles. The summed E-state index contributed by atoms with van der Waals surface area (Å²) in [5.74, 6) is 0. The van der Waals surface area contributed by atoms with Crippen molar-refractivity contribution in [3.63, 3.8) is 0 Å². The van der Waals surface area contributed by atoms with Crippen LogP contribution in [0.4, 0.5) is 0 Å². The van der Waals surface area contributed by atoms with E-state index in [-0.39, 0.29) is 16.9 Å². The molecule has 0 amide bonds. The van der Waals surface area contributed by atoms with Gasteiger partial charge < -0.3 is 4.98 Å². The van der Waals surface area contributed by atoms with Crippen LogP contribution in [0.3, 0.4) is 0 Å². The fourth-order valence-electron chi connectivity index (χ4n) is 1.79. The van der Waals surface area contributed by atoms with Crippen molar-refractivity contribution in [2.24, 2.45) is 4.99 Å². The van der Waals surface area contributed by atoms with E-state index >= 15 is 0 Å². The van der Waals surface area contributed by atoms with Gasteiger partial charge >= 0.3 is 5.69 Å². The number of aromatic nitrogens is 2. The topological polar surface area (TPSA) is 78.1 Å². The summed E-state index contributed by atoms with van der Waals surface area (Å²) in [5.41, 5.74) is -0.152. The van der Waals surface area contributed by atoms with Crippen molar-refractivity contribution in [2.75, 3.05) is 0 Å². The van der Waals surface area contributed by atoms with E-state index < -0.39 is 5.69 Å². The summed E-state index contributed by atoms with van der Waals surface area (Å²) in [6.07, 6.45) is 8.17. The first kappa shape index (κ1) is 21.4. The van der Waals surface area contributed by atoms with Crippen LogP contribution >= 0.6 is 11.8 Å². The molecule has 2 unspecified atom stereocenters. The average Bonchev–Trinajstić information content (AvgIpc) is 2.98. The number of aromatic amines is 2. The number of nitrogens with zero attached hydrogens (tertiary/aromatic N) is 1. The van der Waals surface area contributed by atoms with Gasteiger partial charge in [0.1, 0.15) is 6.04 Å². The first-order valence-electron chi connectivity index (χ1n) is 8.40. The molecule has 0 fully saturated rings. The zero-order chi connectivity index (χ0) is 17.8. The lowest BCUT2D eigenvalue weighted by molar-refractivity contribution is 0.714. The van der Waals surface area contributed by atoms with Crippen molar-refractivity contribution in [1.29, 1.82) is 0 Å². The van der Waals surface area contributed by atoms with Gasteiger partial charge in [0, 0.05) is 6.21 Å². The monoisotopic (exact) mass is 339 g/mol. The number of H-pyrrole nitrogens is 2. The lowest BCUT2D eigenvalue weighted by Crippen LogP contribution is -2.25. The summed E-state index contributed by atoms with van der Waals surface area (Å²) >= 11 is 1.44. The minimum absolute atomic E-state index is 0.120. The van der Waals surface area contributed by atoms with Crippen molar-refractivity contribution in [1.82, 2.24) is 9.97 Å². The quantitative estimate of drug-likeness (QED) is 0.809. The van der Waals surface area contributed by atoms with Gasteiger partial charge in [0.15, 0.2) is 0 Å². The molecular formula is C17H29N3O2S. The molecule has 3 heterocycles. The summed E-state index contributed by atoms with van der Waals surface area (Å²) in [5, 5.41) is 0.129. The zero-order valence-electron chi connectivity index (χ0n) is 15.0. The second-order valence-electron chi connectivity index (χ2n) is 4.36. The molecule has 0 saturated carbocycles. The first-order valence-corrected chi connectivity index (χ1v) is 9.28. The Hall–Kier alpha value is -1.56. The Labute approximate surface area is 142 Å².